The van der Waals surface area contributed by atoms with E-state index >= 15 is 0 Å². The Morgan fingerprint density at radius 2 is 2.04 bits per heavy atom. The molecule has 2 rings (SSSR count). The number of rotatable bonds is 5. The number of nitrogens with zero attached hydrogens (tertiary/aromatic N) is 2. The second kappa shape index (κ2) is 7.27. The van der Waals surface area contributed by atoms with Gasteiger partial charge < -0.3 is 9.80 Å². The number of benzene rings is 1. The van der Waals surface area contributed by atoms with E-state index in [9.17, 15) is 17.6 Å². The zero-order valence-corrected chi connectivity index (χ0v) is 15.5. The predicted molar refractivity (Wildman–Crippen MR) is 90.7 cm³/mol. The lowest BCUT2D eigenvalue weighted by molar-refractivity contribution is 0.0682. The summed E-state index contributed by atoms with van der Waals surface area (Å²) in [7, 11) is 0.656. The van der Waals surface area contributed by atoms with Gasteiger partial charge in [0.2, 0.25) is 0 Å². The number of hydrogen-bond donors (Lipinski definition) is 0. The molecule has 8 heteroatoms. The number of halogens is 2. The number of amides is 1. The molecule has 1 atom stereocenters. The van der Waals surface area contributed by atoms with Gasteiger partial charge in [-0.05, 0) is 54.6 Å². The zero-order chi connectivity index (χ0) is 17.2. The third kappa shape index (κ3) is 4.74. The van der Waals surface area contributed by atoms with Gasteiger partial charge >= 0.3 is 0 Å². The summed E-state index contributed by atoms with van der Waals surface area (Å²) in [6.07, 6.45) is 0.425. The lowest BCUT2D eigenvalue weighted by atomic mass is 10.1. The van der Waals surface area contributed by atoms with Gasteiger partial charge in [-0.2, -0.15) is 0 Å². The van der Waals surface area contributed by atoms with Gasteiger partial charge in [0.25, 0.3) is 5.91 Å². The minimum atomic E-state index is -3.11. The largest absolute Gasteiger partial charge is 0.333 e. The maximum Gasteiger partial charge on any atom is 0.255 e. The van der Waals surface area contributed by atoms with Crippen LogP contribution < -0.4 is 0 Å². The number of likely N-dealkylation sites (N-methyl/N-ethyl adjacent to an activating group) is 1. The summed E-state index contributed by atoms with van der Waals surface area (Å²) in [5, 5.41) is 0. The number of carbonyl (C=O) groups excluding carboxylic acids is 1. The van der Waals surface area contributed by atoms with Crippen molar-refractivity contribution in [2.75, 3.05) is 38.7 Å². The van der Waals surface area contributed by atoms with Crippen molar-refractivity contribution >= 4 is 31.7 Å². The molecule has 5 nitrogen and oxygen atoms in total. The van der Waals surface area contributed by atoms with Crippen molar-refractivity contribution < 1.29 is 17.6 Å². The van der Waals surface area contributed by atoms with Crippen LogP contribution in [0, 0.1) is 5.82 Å². The van der Waals surface area contributed by atoms with E-state index < -0.39 is 15.7 Å². The van der Waals surface area contributed by atoms with Crippen LogP contribution in [0.5, 0.6) is 0 Å². The molecular weight excluding hydrogens is 387 g/mol. The first-order chi connectivity index (χ1) is 10.7. The van der Waals surface area contributed by atoms with Crippen LogP contribution >= 0.6 is 15.9 Å². The maximum absolute atomic E-state index is 13.5. The Labute approximate surface area is 144 Å². The first-order valence-electron chi connectivity index (χ1n) is 7.31. The summed E-state index contributed by atoms with van der Waals surface area (Å²) >= 11 is 3.27. The number of carbonyl (C=O) groups is 1. The summed E-state index contributed by atoms with van der Waals surface area (Å²) in [6.45, 7) is 1.00. The molecule has 1 saturated heterocycles. The first-order valence-corrected chi connectivity index (χ1v) is 9.92. The molecule has 0 saturated carbocycles. The monoisotopic (exact) mass is 406 g/mol. The highest BCUT2D eigenvalue weighted by molar-refractivity contribution is 9.10. The molecule has 1 aromatic rings. The Kier molecular flexibility index (Phi) is 5.80. The molecule has 0 aromatic heterocycles. The lowest BCUT2D eigenvalue weighted by Crippen LogP contribution is -2.44. The van der Waals surface area contributed by atoms with Gasteiger partial charge in [0.15, 0.2) is 9.84 Å². The second-order valence-corrected chi connectivity index (χ2v) is 9.07. The second-order valence-electron chi connectivity index (χ2n) is 5.98. The molecule has 0 spiro atoms. The van der Waals surface area contributed by atoms with E-state index in [1.54, 1.807) is 4.90 Å². The highest BCUT2D eigenvalue weighted by Gasteiger charge is 2.35. The van der Waals surface area contributed by atoms with E-state index in [1.807, 2.05) is 19.0 Å². The molecule has 23 heavy (non-hydrogen) atoms. The Morgan fingerprint density at radius 1 is 1.35 bits per heavy atom. The summed E-state index contributed by atoms with van der Waals surface area (Å²) in [6, 6.07) is 3.57. The average Bonchev–Trinajstić information content (AvgIpc) is 2.81. The van der Waals surface area contributed by atoms with Crippen LogP contribution in [0.1, 0.15) is 16.8 Å². The fraction of sp³-hybridized carbons (Fsp3) is 0.533. The Bertz CT molecular complexity index is 694. The first kappa shape index (κ1) is 18.4. The number of hydrogen-bond acceptors (Lipinski definition) is 4. The van der Waals surface area contributed by atoms with Crippen LogP contribution in [-0.4, -0.2) is 68.9 Å². The molecule has 1 aromatic carbocycles. The Balaban J connectivity index is 2.29. The number of sulfone groups is 1. The van der Waals surface area contributed by atoms with Crippen LogP contribution in [0.2, 0.25) is 0 Å². The van der Waals surface area contributed by atoms with Crippen LogP contribution in [0.3, 0.4) is 0 Å². The van der Waals surface area contributed by atoms with Crippen LogP contribution in [0.15, 0.2) is 22.7 Å². The van der Waals surface area contributed by atoms with Crippen molar-refractivity contribution in [3.05, 3.63) is 34.1 Å². The molecule has 1 fully saturated rings. The normalized spacial score (nSPS) is 20.0. The SMILES string of the molecule is CN(C)CCN(C(=O)c1cc(F)ccc1Br)[C@H]1CCS(=O)(=O)C1. The molecule has 0 aliphatic carbocycles. The van der Waals surface area contributed by atoms with E-state index in [0.29, 0.717) is 24.0 Å². The van der Waals surface area contributed by atoms with Crippen molar-refractivity contribution in [1.82, 2.24) is 9.80 Å². The summed E-state index contributed by atoms with van der Waals surface area (Å²) in [5.41, 5.74) is 0.216. The fourth-order valence-corrected chi connectivity index (χ4v) is 4.74. The molecule has 0 radical (unpaired) electrons. The molecule has 1 heterocycles. The van der Waals surface area contributed by atoms with Crippen molar-refractivity contribution in [3.63, 3.8) is 0 Å². The van der Waals surface area contributed by atoms with Crippen LogP contribution in [0.25, 0.3) is 0 Å². The van der Waals surface area contributed by atoms with E-state index in [4.69, 9.17) is 0 Å². The highest BCUT2D eigenvalue weighted by Crippen LogP contribution is 2.24. The fourth-order valence-electron chi connectivity index (χ4n) is 2.59. The molecule has 1 aliphatic rings. The molecular formula is C15H20BrFN2O3S. The van der Waals surface area contributed by atoms with Gasteiger partial charge in [-0.25, -0.2) is 12.8 Å². The molecule has 0 N–H and O–H groups in total. The van der Waals surface area contributed by atoms with Gasteiger partial charge in [-0.15, -0.1) is 0 Å². The third-order valence-electron chi connectivity index (χ3n) is 3.86. The van der Waals surface area contributed by atoms with E-state index in [-0.39, 0.29) is 29.0 Å². The van der Waals surface area contributed by atoms with Crippen molar-refractivity contribution in [2.45, 2.75) is 12.5 Å². The quantitative estimate of drug-likeness (QED) is 0.747. The summed E-state index contributed by atoms with van der Waals surface area (Å²) in [5.74, 6) is -0.782. The molecule has 1 aliphatic heterocycles. The van der Waals surface area contributed by atoms with Gasteiger partial charge in [-0.1, -0.05) is 0 Å². The average molecular weight is 407 g/mol. The van der Waals surface area contributed by atoms with Gasteiger partial charge in [0, 0.05) is 23.6 Å². The topological polar surface area (TPSA) is 57.7 Å². The van der Waals surface area contributed by atoms with Gasteiger partial charge in [-0.3, -0.25) is 4.79 Å². The van der Waals surface area contributed by atoms with Gasteiger partial charge in [0.05, 0.1) is 17.1 Å². The van der Waals surface area contributed by atoms with E-state index in [2.05, 4.69) is 15.9 Å². The summed E-state index contributed by atoms with van der Waals surface area (Å²) < 4.78 is 37.5. The molecule has 0 unspecified atom stereocenters. The Hall–Kier alpha value is -0.990. The highest BCUT2D eigenvalue weighted by atomic mass is 79.9. The maximum atomic E-state index is 13.5. The molecule has 128 valence electrons. The lowest BCUT2D eigenvalue weighted by Gasteiger charge is -2.30. The Morgan fingerprint density at radius 3 is 2.61 bits per heavy atom. The minimum absolute atomic E-state index is 0.0287. The van der Waals surface area contributed by atoms with Crippen LogP contribution in [0.4, 0.5) is 4.39 Å². The molecule has 1 amide bonds. The summed E-state index contributed by atoms with van der Waals surface area (Å²) in [4.78, 5) is 16.3. The van der Waals surface area contributed by atoms with Crippen molar-refractivity contribution in [3.8, 4) is 0 Å². The smallest absolute Gasteiger partial charge is 0.255 e. The van der Waals surface area contributed by atoms with E-state index in [1.165, 1.54) is 18.2 Å². The van der Waals surface area contributed by atoms with E-state index in [0.717, 1.165) is 0 Å². The van der Waals surface area contributed by atoms with Crippen LogP contribution in [-0.2, 0) is 9.84 Å². The van der Waals surface area contributed by atoms with Crippen molar-refractivity contribution in [2.24, 2.45) is 0 Å². The standard InChI is InChI=1S/C15H20BrFN2O3S/c1-18(2)6-7-19(12-5-8-23(21,22)10-12)15(20)13-9-11(17)3-4-14(13)16/h3-4,9,12H,5-8,10H2,1-2H3/t12-/m0/s1. The molecule has 0 bridgehead atoms. The zero-order valence-electron chi connectivity index (χ0n) is 13.1. The van der Waals surface area contributed by atoms with Gasteiger partial charge in [0.1, 0.15) is 5.82 Å². The predicted octanol–water partition coefficient (Wildman–Crippen LogP) is 1.78. The van der Waals surface area contributed by atoms with Crippen molar-refractivity contribution in [1.29, 1.82) is 0 Å². The third-order valence-corrected chi connectivity index (χ3v) is 6.30. The minimum Gasteiger partial charge on any atom is -0.333 e.